The van der Waals surface area contributed by atoms with Crippen LogP contribution in [0.15, 0.2) is 18.2 Å². The van der Waals surface area contributed by atoms with E-state index in [2.05, 4.69) is 23.0 Å². The first-order valence-corrected chi connectivity index (χ1v) is 7.40. The van der Waals surface area contributed by atoms with Gasteiger partial charge in [-0.05, 0) is 39.0 Å². The molecule has 0 amide bonds. The first kappa shape index (κ1) is 13.0. The van der Waals surface area contributed by atoms with E-state index < -0.39 is 0 Å². The van der Waals surface area contributed by atoms with Crippen molar-refractivity contribution in [3.63, 3.8) is 0 Å². The number of hydrogen-bond donors (Lipinski definition) is 2. The van der Waals surface area contributed by atoms with Gasteiger partial charge in [0.1, 0.15) is 5.75 Å². The fraction of sp³-hybridized carbons (Fsp3) is 0.267. The number of thiazole rings is 1. The Bertz CT molecular complexity index is 773. The molecular formula is C15H17N3OS. The topological polar surface area (TPSA) is 63.9 Å². The molecule has 0 fully saturated rings. The smallest absolute Gasteiger partial charge is 0.180 e. The summed E-state index contributed by atoms with van der Waals surface area (Å²) in [5.41, 5.74) is 10.1. The molecule has 0 unspecified atom stereocenters. The van der Waals surface area contributed by atoms with Crippen LogP contribution in [-0.2, 0) is 0 Å². The number of nitrogens with two attached hydrogens (primary N) is 1. The molecule has 3 N–H and O–H groups in total. The first-order chi connectivity index (χ1) is 9.60. The number of nitrogen functional groups attached to an aromatic ring is 1. The van der Waals surface area contributed by atoms with E-state index in [1.54, 1.807) is 0 Å². The number of H-pyrrole nitrogens is 1. The molecule has 4 nitrogen and oxygen atoms in total. The van der Waals surface area contributed by atoms with Crippen LogP contribution in [0.5, 0.6) is 5.75 Å². The van der Waals surface area contributed by atoms with E-state index in [-0.39, 0.29) is 0 Å². The van der Waals surface area contributed by atoms with Gasteiger partial charge in [-0.3, -0.25) is 0 Å². The minimum atomic E-state index is 0.604. The average molecular weight is 287 g/mol. The number of aromatic nitrogens is 2. The van der Waals surface area contributed by atoms with E-state index in [1.807, 2.05) is 26.0 Å². The van der Waals surface area contributed by atoms with E-state index in [0.717, 1.165) is 38.5 Å². The molecule has 3 rings (SSSR count). The number of benzene rings is 1. The zero-order valence-corrected chi connectivity index (χ0v) is 12.6. The van der Waals surface area contributed by atoms with Gasteiger partial charge in [0.05, 0.1) is 12.3 Å². The second kappa shape index (κ2) is 4.83. The van der Waals surface area contributed by atoms with Crippen molar-refractivity contribution in [2.75, 3.05) is 12.3 Å². The van der Waals surface area contributed by atoms with Gasteiger partial charge in [-0.2, -0.15) is 0 Å². The van der Waals surface area contributed by atoms with Gasteiger partial charge in [-0.15, -0.1) is 11.3 Å². The molecule has 20 heavy (non-hydrogen) atoms. The average Bonchev–Trinajstić information content (AvgIpc) is 2.88. The number of rotatable bonds is 3. The number of nitrogens with zero attached hydrogens (tertiary/aromatic N) is 1. The Labute approximate surface area is 121 Å². The summed E-state index contributed by atoms with van der Waals surface area (Å²) < 4.78 is 5.59. The molecule has 2 heterocycles. The monoisotopic (exact) mass is 287 g/mol. The summed E-state index contributed by atoms with van der Waals surface area (Å²) in [5, 5.41) is 1.73. The molecule has 0 radical (unpaired) electrons. The molecule has 0 atom stereocenters. The van der Waals surface area contributed by atoms with Gasteiger partial charge in [-0.1, -0.05) is 0 Å². The number of fused-ring (bicyclic) bond motifs is 1. The van der Waals surface area contributed by atoms with E-state index in [4.69, 9.17) is 10.5 Å². The van der Waals surface area contributed by atoms with Crippen LogP contribution in [0.1, 0.15) is 17.5 Å². The second-order valence-corrected chi connectivity index (χ2v) is 5.96. The van der Waals surface area contributed by atoms with E-state index in [9.17, 15) is 0 Å². The van der Waals surface area contributed by atoms with E-state index in [0.29, 0.717) is 11.7 Å². The highest BCUT2D eigenvalue weighted by Crippen LogP contribution is 2.37. The van der Waals surface area contributed by atoms with Gasteiger partial charge in [0.25, 0.3) is 0 Å². The SMILES string of the molecule is CCOc1ccc2[nH]c(C)c(-c3nc(N)sc3C)c2c1. The number of aryl methyl sites for hydroxylation is 2. The summed E-state index contributed by atoms with van der Waals surface area (Å²) in [5.74, 6) is 0.876. The molecule has 0 spiro atoms. The molecule has 0 bridgehead atoms. The van der Waals surface area contributed by atoms with Crippen LogP contribution in [0.25, 0.3) is 22.2 Å². The maximum atomic E-state index is 5.83. The summed E-state index contributed by atoms with van der Waals surface area (Å²) in [6, 6.07) is 6.09. The quantitative estimate of drug-likeness (QED) is 0.768. The van der Waals surface area contributed by atoms with Crippen molar-refractivity contribution in [1.29, 1.82) is 0 Å². The Morgan fingerprint density at radius 1 is 1.35 bits per heavy atom. The fourth-order valence-corrected chi connectivity index (χ4v) is 3.21. The van der Waals surface area contributed by atoms with Gasteiger partial charge in [0, 0.05) is 27.0 Å². The molecule has 0 saturated heterocycles. The third-order valence-electron chi connectivity index (χ3n) is 3.32. The molecule has 0 aliphatic carbocycles. The lowest BCUT2D eigenvalue weighted by molar-refractivity contribution is 0.341. The van der Waals surface area contributed by atoms with Gasteiger partial charge in [0.2, 0.25) is 0 Å². The van der Waals surface area contributed by atoms with E-state index >= 15 is 0 Å². The third kappa shape index (κ3) is 2.04. The van der Waals surface area contributed by atoms with Gasteiger partial charge >= 0.3 is 0 Å². The lowest BCUT2D eigenvalue weighted by atomic mass is 10.1. The van der Waals surface area contributed by atoms with Crippen molar-refractivity contribution in [2.45, 2.75) is 20.8 Å². The molecule has 2 aromatic heterocycles. The predicted molar refractivity (Wildman–Crippen MR) is 84.5 cm³/mol. The summed E-state index contributed by atoms with van der Waals surface area (Å²) in [7, 11) is 0. The number of ether oxygens (including phenoxy) is 1. The predicted octanol–water partition coefficient (Wildman–Crippen LogP) is 3.89. The highest BCUT2D eigenvalue weighted by atomic mass is 32.1. The number of nitrogens with one attached hydrogen (secondary N) is 1. The first-order valence-electron chi connectivity index (χ1n) is 6.58. The maximum Gasteiger partial charge on any atom is 0.180 e. The summed E-state index contributed by atoms with van der Waals surface area (Å²) in [6.07, 6.45) is 0. The second-order valence-electron chi connectivity index (χ2n) is 4.72. The largest absolute Gasteiger partial charge is 0.494 e. The van der Waals surface area contributed by atoms with Gasteiger partial charge in [0.15, 0.2) is 5.13 Å². The van der Waals surface area contributed by atoms with Crippen molar-refractivity contribution < 1.29 is 4.74 Å². The van der Waals surface area contributed by atoms with Crippen LogP contribution >= 0.6 is 11.3 Å². The van der Waals surface area contributed by atoms with Crippen molar-refractivity contribution in [2.24, 2.45) is 0 Å². The Morgan fingerprint density at radius 2 is 2.15 bits per heavy atom. The summed E-state index contributed by atoms with van der Waals surface area (Å²) in [4.78, 5) is 9.01. The Kier molecular flexibility index (Phi) is 3.14. The Morgan fingerprint density at radius 3 is 2.80 bits per heavy atom. The van der Waals surface area contributed by atoms with Crippen molar-refractivity contribution in [3.8, 4) is 17.0 Å². The lowest BCUT2D eigenvalue weighted by Gasteiger charge is -2.04. The Hall–Kier alpha value is -2.01. The molecule has 1 aromatic carbocycles. The normalized spacial score (nSPS) is 11.2. The minimum Gasteiger partial charge on any atom is -0.494 e. The number of anilines is 1. The van der Waals surface area contributed by atoms with Crippen LogP contribution in [0.2, 0.25) is 0 Å². The van der Waals surface area contributed by atoms with Crippen LogP contribution < -0.4 is 10.5 Å². The zero-order valence-electron chi connectivity index (χ0n) is 11.8. The molecule has 104 valence electrons. The zero-order chi connectivity index (χ0) is 14.3. The number of hydrogen-bond acceptors (Lipinski definition) is 4. The standard InChI is InChI=1S/C15H17N3OS/c1-4-19-10-5-6-12-11(7-10)13(8(2)17-12)14-9(3)20-15(16)18-14/h5-7,17H,4H2,1-3H3,(H2,16,18). The lowest BCUT2D eigenvalue weighted by Crippen LogP contribution is -1.90. The highest BCUT2D eigenvalue weighted by Gasteiger charge is 2.16. The van der Waals surface area contributed by atoms with Crippen molar-refractivity contribution in [3.05, 3.63) is 28.8 Å². The summed E-state index contributed by atoms with van der Waals surface area (Å²) >= 11 is 1.52. The van der Waals surface area contributed by atoms with Crippen LogP contribution in [0.4, 0.5) is 5.13 Å². The van der Waals surface area contributed by atoms with Crippen LogP contribution in [0, 0.1) is 13.8 Å². The number of aromatic amines is 1. The molecule has 0 aliphatic rings. The fourth-order valence-electron chi connectivity index (χ4n) is 2.52. The van der Waals surface area contributed by atoms with Crippen LogP contribution in [-0.4, -0.2) is 16.6 Å². The molecule has 5 heteroatoms. The highest BCUT2D eigenvalue weighted by molar-refractivity contribution is 7.15. The molecule has 0 aliphatic heterocycles. The van der Waals surface area contributed by atoms with Crippen molar-refractivity contribution >= 4 is 27.4 Å². The molecule has 3 aromatic rings. The molecular weight excluding hydrogens is 270 g/mol. The van der Waals surface area contributed by atoms with Crippen molar-refractivity contribution in [1.82, 2.24) is 9.97 Å². The minimum absolute atomic E-state index is 0.604. The maximum absolute atomic E-state index is 5.83. The third-order valence-corrected chi connectivity index (χ3v) is 4.12. The van der Waals surface area contributed by atoms with E-state index in [1.165, 1.54) is 11.3 Å². The van der Waals surface area contributed by atoms with Crippen LogP contribution in [0.3, 0.4) is 0 Å². The van der Waals surface area contributed by atoms with Gasteiger partial charge in [-0.25, -0.2) is 4.98 Å². The Balaban J connectivity index is 2.25. The van der Waals surface area contributed by atoms with Gasteiger partial charge < -0.3 is 15.5 Å². The summed E-state index contributed by atoms with van der Waals surface area (Å²) in [6.45, 7) is 6.75. The molecule has 0 saturated carbocycles.